The van der Waals surface area contributed by atoms with E-state index in [1.165, 1.54) is 6.07 Å². The monoisotopic (exact) mass is 224 g/mol. The molecule has 0 spiro atoms. The van der Waals surface area contributed by atoms with Crippen molar-refractivity contribution in [3.63, 3.8) is 0 Å². The van der Waals surface area contributed by atoms with Crippen molar-refractivity contribution in [1.82, 2.24) is 0 Å². The third-order valence-corrected chi connectivity index (χ3v) is 3.38. The molecule has 0 atom stereocenters. The van der Waals surface area contributed by atoms with Gasteiger partial charge in [0.2, 0.25) is 5.76 Å². The molecule has 0 aliphatic heterocycles. The topological polar surface area (TPSA) is 70.7 Å². The van der Waals surface area contributed by atoms with Crippen LogP contribution in [0.25, 0.3) is 0 Å². The Morgan fingerprint density at radius 1 is 1.44 bits per heavy atom. The fraction of sp³-hybridized carbons (Fsp3) is 0.583. The van der Waals surface area contributed by atoms with Crippen LogP contribution in [0.5, 0.6) is 0 Å². The molecule has 0 bridgehead atoms. The van der Waals surface area contributed by atoms with Crippen LogP contribution in [0.15, 0.2) is 16.5 Å². The van der Waals surface area contributed by atoms with Gasteiger partial charge in [0.05, 0.1) is 0 Å². The van der Waals surface area contributed by atoms with Gasteiger partial charge in [0.15, 0.2) is 0 Å². The Bertz CT molecular complexity index is 385. The molecule has 16 heavy (non-hydrogen) atoms. The number of carbonyl (C=O) groups is 1. The first-order chi connectivity index (χ1) is 7.51. The molecule has 4 heteroatoms. The molecule has 1 aliphatic carbocycles. The summed E-state index contributed by atoms with van der Waals surface area (Å²) in [6.45, 7) is 2.16. The highest BCUT2D eigenvalue weighted by molar-refractivity contribution is 5.84. The Hall–Kier alpha value is -1.29. The van der Waals surface area contributed by atoms with E-state index in [-0.39, 0.29) is 5.76 Å². The summed E-state index contributed by atoms with van der Waals surface area (Å²) in [7, 11) is 0. The molecule has 0 amide bonds. The van der Waals surface area contributed by atoms with Gasteiger partial charge in [0, 0.05) is 0 Å². The molecular formula is C12H16O4. The molecule has 2 N–H and O–H groups in total. The average molecular weight is 224 g/mol. The van der Waals surface area contributed by atoms with Gasteiger partial charge in [-0.05, 0) is 43.7 Å². The van der Waals surface area contributed by atoms with E-state index in [1.807, 2.05) is 0 Å². The lowest BCUT2D eigenvalue weighted by Gasteiger charge is -2.33. The van der Waals surface area contributed by atoms with Gasteiger partial charge < -0.3 is 14.6 Å². The van der Waals surface area contributed by atoms with Gasteiger partial charge in [-0.3, -0.25) is 0 Å². The van der Waals surface area contributed by atoms with Crippen LogP contribution in [0.3, 0.4) is 0 Å². The number of furan rings is 1. The number of aromatic carboxylic acids is 1. The summed E-state index contributed by atoms with van der Waals surface area (Å²) in [5.41, 5.74) is -0.972. The number of aliphatic hydroxyl groups is 1. The second kappa shape index (κ2) is 3.94. The van der Waals surface area contributed by atoms with E-state index in [0.717, 1.165) is 12.8 Å². The molecule has 1 aromatic rings. The fourth-order valence-corrected chi connectivity index (χ4v) is 2.19. The Morgan fingerprint density at radius 3 is 2.56 bits per heavy atom. The zero-order valence-corrected chi connectivity index (χ0v) is 9.27. The van der Waals surface area contributed by atoms with Crippen LogP contribution in [-0.4, -0.2) is 16.2 Å². The van der Waals surface area contributed by atoms with Crippen LogP contribution >= 0.6 is 0 Å². The predicted octanol–water partition coefficient (Wildman–Crippen LogP) is 2.38. The van der Waals surface area contributed by atoms with Crippen molar-refractivity contribution in [2.75, 3.05) is 0 Å². The molecule has 1 fully saturated rings. The van der Waals surface area contributed by atoms with E-state index in [4.69, 9.17) is 9.52 Å². The molecule has 2 rings (SSSR count). The maximum atomic E-state index is 10.7. The van der Waals surface area contributed by atoms with Gasteiger partial charge in [0.25, 0.3) is 0 Å². The van der Waals surface area contributed by atoms with Crippen molar-refractivity contribution in [3.05, 3.63) is 23.7 Å². The SMILES string of the molecule is CC1CCC(O)(c2ccc(C(=O)O)o2)CC1. The van der Waals surface area contributed by atoms with E-state index in [2.05, 4.69) is 6.92 Å². The first-order valence-electron chi connectivity index (χ1n) is 5.57. The molecule has 0 radical (unpaired) electrons. The van der Waals surface area contributed by atoms with Crippen molar-refractivity contribution in [3.8, 4) is 0 Å². The third kappa shape index (κ3) is 1.97. The zero-order valence-electron chi connectivity index (χ0n) is 9.27. The molecule has 4 nitrogen and oxygen atoms in total. The zero-order chi connectivity index (χ0) is 11.8. The number of rotatable bonds is 2. The fourth-order valence-electron chi connectivity index (χ4n) is 2.19. The Labute approximate surface area is 93.9 Å². The van der Waals surface area contributed by atoms with E-state index < -0.39 is 11.6 Å². The maximum Gasteiger partial charge on any atom is 0.371 e. The van der Waals surface area contributed by atoms with Crippen LogP contribution in [0.1, 0.15) is 48.9 Å². The van der Waals surface area contributed by atoms with Gasteiger partial charge in [-0.2, -0.15) is 0 Å². The lowest BCUT2D eigenvalue weighted by Crippen LogP contribution is -2.30. The van der Waals surface area contributed by atoms with Crippen LogP contribution in [0.2, 0.25) is 0 Å². The summed E-state index contributed by atoms with van der Waals surface area (Å²) in [6.07, 6.45) is 3.17. The smallest absolute Gasteiger partial charge is 0.371 e. The van der Waals surface area contributed by atoms with Gasteiger partial charge in [0.1, 0.15) is 11.4 Å². The van der Waals surface area contributed by atoms with E-state index in [0.29, 0.717) is 24.5 Å². The molecule has 0 unspecified atom stereocenters. The molecule has 1 aliphatic rings. The van der Waals surface area contributed by atoms with Crippen molar-refractivity contribution < 1.29 is 19.4 Å². The standard InChI is InChI=1S/C12H16O4/c1-8-4-6-12(15,7-5-8)10-3-2-9(16-10)11(13)14/h2-3,8,15H,4-7H2,1H3,(H,13,14). The van der Waals surface area contributed by atoms with Crippen LogP contribution in [0.4, 0.5) is 0 Å². The first-order valence-corrected chi connectivity index (χ1v) is 5.57. The van der Waals surface area contributed by atoms with Crippen molar-refractivity contribution in [2.45, 2.75) is 38.2 Å². The van der Waals surface area contributed by atoms with Gasteiger partial charge in [-0.15, -0.1) is 0 Å². The van der Waals surface area contributed by atoms with Gasteiger partial charge in [-0.25, -0.2) is 4.79 Å². The van der Waals surface area contributed by atoms with Crippen LogP contribution in [-0.2, 0) is 5.60 Å². The first kappa shape index (κ1) is 11.2. The number of carboxylic acid groups (broad SMARTS) is 1. The molecule has 1 saturated carbocycles. The normalized spacial score (nSPS) is 30.2. The maximum absolute atomic E-state index is 10.7. The van der Waals surface area contributed by atoms with Crippen molar-refractivity contribution in [2.24, 2.45) is 5.92 Å². The minimum Gasteiger partial charge on any atom is -0.475 e. The summed E-state index contributed by atoms with van der Waals surface area (Å²) in [6, 6.07) is 2.97. The van der Waals surface area contributed by atoms with E-state index in [9.17, 15) is 9.90 Å². The van der Waals surface area contributed by atoms with Gasteiger partial charge in [-0.1, -0.05) is 6.92 Å². The number of carboxylic acids is 1. The van der Waals surface area contributed by atoms with E-state index in [1.54, 1.807) is 6.07 Å². The number of hydrogen-bond donors (Lipinski definition) is 2. The molecule has 1 heterocycles. The molecule has 0 aromatic carbocycles. The summed E-state index contributed by atoms with van der Waals surface area (Å²) in [5, 5.41) is 19.1. The molecule has 0 saturated heterocycles. The summed E-state index contributed by atoms with van der Waals surface area (Å²) >= 11 is 0. The minimum absolute atomic E-state index is 0.109. The number of hydrogen-bond acceptors (Lipinski definition) is 3. The lowest BCUT2D eigenvalue weighted by molar-refractivity contribution is -0.0308. The predicted molar refractivity (Wildman–Crippen MR) is 57.2 cm³/mol. The Balaban J connectivity index is 2.19. The molecule has 1 aromatic heterocycles. The second-order valence-electron chi connectivity index (χ2n) is 4.68. The summed E-state index contributed by atoms with van der Waals surface area (Å²) in [4.78, 5) is 10.7. The average Bonchev–Trinajstić information content (AvgIpc) is 2.72. The largest absolute Gasteiger partial charge is 0.475 e. The van der Waals surface area contributed by atoms with Crippen molar-refractivity contribution in [1.29, 1.82) is 0 Å². The third-order valence-electron chi connectivity index (χ3n) is 3.38. The highest BCUT2D eigenvalue weighted by atomic mass is 16.4. The second-order valence-corrected chi connectivity index (χ2v) is 4.68. The lowest BCUT2D eigenvalue weighted by atomic mass is 9.78. The summed E-state index contributed by atoms with van der Waals surface area (Å²) < 4.78 is 5.17. The quantitative estimate of drug-likeness (QED) is 0.809. The van der Waals surface area contributed by atoms with Crippen LogP contribution in [0, 0.1) is 5.92 Å². The minimum atomic E-state index is -1.10. The van der Waals surface area contributed by atoms with Crippen molar-refractivity contribution >= 4 is 5.97 Å². The highest BCUT2D eigenvalue weighted by Crippen LogP contribution is 2.39. The van der Waals surface area contributed by atoms with Gasteiger partial charge >= 0.3 is 5.97 Å². The van der Waals surface area contributed by atoms with E-state index >= 15 is 0 Å². The Kier molecular flexibility index (Phi) is 2.76. The van der Waals surface area contributed by atoms with Crippen LogP contribution < -0.4 is 0 Å². The Morgan fingerprint density at radius 2 is 2.06 bits per heavy atom. The highest BCUT2D eigenvalue weighted by Gasteiger charge is 2.36. The molecular weight excluding hydrogens is 208 g/mol. The summed E-state index contributed by atoms with van der Waals surface area (Å²) in [5.74, 6) is -0.202. The molecule has 88 valence electrons.